The van der Waals surface area contributed by atoms with E-state index in [2.05, 4.69) is 31.5 Å². The summed E-state index contributed by atoms with van der Waals surface area (Å²) in [4.78, 5) is 15.8. The summed E-state index contributed by atoms with van der Waals surface area (Å²) in [5.41, 5.74) is 1.06. The summed E-state index contributed by atoms with van der Waals surface area (Å²) in [5, 5.41) is 5.46. The number of urea groups is 1. The zero-order valence-corrected chi connectivity index (χ0v) is 13.2. The number of aromatic nitrogens is 1. The first-order valence-electron chi connectivity index (χ1n) is 6.47. The van der Waals surface area contributed by atoms with E-state index in [4.69, 9.17) is 4.74 Å². The quantitative estimate of drug-likeness (QED) is 0.870. The van der Waals surface area contributed by atoms with E-state index in [1.54, 1.807) is 19.4 Å². The van der Waals surface area contributed by atoms with Crippen LogP contribution in [0.1, 0.15) is 5.56 Å². The van der Waals surface area contributed by atoms with Crippen LogP contribution in [0.5, 0.6) is 5.75 Å². The molecule has 0 saturated carbocycles. The maximum absolute atomic E-state index is 11.7. The molecule has 2 aromatic rings. The predicted molar refractivity (Wildman–Crippen MR) is 85.7 cm³/mol. The molecule has 0 unspecified atom stereocenters. The first kappa shape index (κ1) is 15.3. The molecule has 0 spiro atoms. The van der Waals surface area contributed by atoms with Crippen LogP contribution in [0, 0.1) is 0 Å². The summed E-state index contributed by atoms with van der Waals surface area (Å²) in [6, 6.07) is 11.0. The average Bonchev–Trinajstić information content (AvgIpc) is 2.50. The first-order valence-corrected chi connectivity index (χ1v) is 7.26. The van der Waals surface area contributed by atoms with E-state index >= 15 is 0 Å². The van der Waals surface area contributed by atoms with Crippen LogP contribution in [-0.4, -0.2) is 24.7 Å². The van der Waals surface area contributed by atoms with E-state index in [-0.39, 0.29) is 6.03 Å². The molecule has 2 rings (SSSR count). The Morgan fingerprint density at radius 3 is 2.81 bits per heavy atom. The van der Waals surface area contributed by atoms with Crippen LogP contribution in [0.25, 0.3) is 0 Å². The molecule has 0 aliphatic carbocycles. The van der Waals surface area contributed by atoms with E-state index in [9.17, 15) is 4.79 Å². The Morgan fingerprint density at radius 2 is 2.10 bits per heavy atom. The number of hydrogen-bond donors (Lipinski definition) is 2. The van der Waals surface area contributed by atoms with Crippen LogP contribution in [-0.2, 0) is 6.42 Å². The zero-order chi connectivity index (χ0) is 15.1. The molecule has 0 aliphatic heterocycles. The maximum Gasteiger partial charge on any atom is 0.320 e. The highest BCUT2D eigenvalue weighted by Gasteiger charge is 2.04. The largest absolute Gasteiger partial charge is 0.496 e. The molecule has 0 radical (unpaired) electrons. The number of ether oxygens (including phenoxy) is 1. The van der Waals surface area contributed by atoms with Crippen molar-refractivity contribution in [2.75, 3.05) is 19.0 Å². The number of pyridine rings is 1. The Bertz CT molecular complexity index is 602. The van der Waals surface area contributed by atoms with Gasteiger partial charge in [-0.3, -0.25) is 5.32 Å². The van der Waals surface area contributed by atoms with Crippen LogP contribution in [0.15, 0.2) is 47.1 Å². The van der Waals surface area contributed by atoms with Gasteiger partial charge in [-0.05, 0) is 46.1 Å². The second kappa shape index (κ2) is 7.64. The molecule has 6 heteroatoms. The number of carbonyl (C=O) groups excluding carboxylic acids is 1. The van der Waals surface area contributed by atoms with E-state index in [1.165, 1.54) is 0 Å². The molecule has 2 amide bonds. The summed E-state index contributed by atoms with van der Waals surface area (Å²) in [5.74, 6) is 1.34. The smallest absolute Gasteiger partial charge is 0.320 e. The number of rotatable bonds is 5. The van der Waals surface area contributed by atoms with E-state index in [0.29, 0.717) is 18.8 Å². The molecule has 1 aromatic carbocycles. The average molecular weight is 350 g/mol. The number of nitrogens with zero attached hydrogens (tertiary/aromatic N) is 1. The van der Waals surface area contributed by atoms with Crippen molar-refractivity contribution in [3.63, 3.8) is 0 Å². The van der Waals surface area contributed by atoms with Crippen LogP contribution in [0.4, 0.5) is 10.6 Å². The molecule has 0 bridgehead atoms. The van der Waals surface area contributed by atoms with Gasteiger partial charge in [-0.25, -0.2) is 9.78 Å². The highest BCUT2D eigenvalue weighted by atomic mass is 79.9. The van der Waals surface area contributed by atoms with Crippen molar-refractivity contribution < 1.29 is 9.53 Å². The molecule has 0 aliphatic rings. The molecule has 2 N–H and O–H groups in total. The van der Waals surface area contributed by atoms with Crippen molar-refractivity contribution in [1.82, 2.24) is 10.3 Å². The third-order valence-corrected chi connectivity index (χ3v) is 3.31. The minimum atomic E-state index is -0.278. The van der Waals surface area contributed by atoms with Crippen molar-refractivity contribution in [3.8, 4) is 5.75 Å². The topological polar surface area (TPSA) is 63.2 Å². The summed E-state index contributed by atoms with van der Waals surface area (Å²) in [7, 11) is 1.64. The predicted octanol–water partition coefficient (Wildman–Crippen LogP) is 3.22. The molecule has 0 fully saturated rings. The number of halogens is 1. The maximum atomic E-state index is 11.7. The lowest BCUT2D eigenvalue weighted by atomic mass is 10.1. The van der Waals surface area contributed by atoms with Crippen LogP contribution in [0.3, 0.4) is 0 Å². The second-order valence-corrected chi connectivity index (χ2v) is 5.22. The van der Waals surface area contributed by atoms with Gasteiger partial charge in [0.15, 0.2) is 0 Å². The van der Waals surface area contributed by atoms with E-state index in [1.807, 2.05) is 30.3 Å². The molecule has 5 nitrogen and oxygen atoms in total. The van der Waals surface area contributed by atoms with Gasteiger partial charge >= 0.3 is 6.03 Å². The monoisotopic (exact) mass is 349 g/mol. The highest BCUT2D eigenvalue weighted by Crippen LogP contribution is 2.17. The number of methoxy groups -OCH3 is 1. The fourth-order valence-electron chi connectivity index (χ4n) is 1.83. The van der Waals surface area contributed by atoms with Crippen molar-refractivity contribution in [3.05, 3.63) is 52.6 Å². The van der Waals surface area contributed by atoms with Gasteiger partial charge in [0.2, 0.25) is 0 Å². The Morgan fingerprint density at radius 1 is 1.29 bits per heavy atom. The molecule has 0 saturated heterocycles. The van der Waals surface area contributed by atoms with Gasteiger partial charge in [-0.1, -0.05) is 18.2 Å². The fraction of sp³-hybridized carbons (Fsp3) is 0.200. The van der Waals surface area contributed by atoms with Crippen LogP contribution in [0.2, 0.25) is 0 Å². The van der Waals surface area contributed by atoms with Gasteiger partial charge < -0.3 is 10.1 Å². The number of carbonyl (C=O) groups is 1. The second-order valence-electron chi connectivity index (χ2n) is 4.30. The van der Waals surface area contributed by atoms with E-state index < -0.39 is 0 Å². The van der Waals surface area contributed by atoms with Gasteiger partial charge in [0, 0.05) is 17.2 Å². The highest BCUT2D eigenvalue weighted by molar-refractivity contribution is 9.10. The van der Waals surface area contributed by atoms with E-state index in [0.717, 1.165) is 15.8 Å². The molecule has 0 atom stereocenters. The standard InChI is InChI=1S/C15H16BrN3O2/c1-21-13-5-3-2-4-11(13)8-9-17-15(20)19-14-7-6-12(16)10-18-14/h2-7,10H,8-9H2,1H3,(H2,17,18,19,20). The van der Waals surface area contributed by atoms with Crippen molar-refractivity contribution in [1.29, 1.82) is 0 Å². The van der Waals surface area contributed by atoms with Gasteiger partial charge in [0.05, 0.1) is 7.11 Å². The van der Waals surface area contributed by atoms with Crippen molar-refractivity contribution in [2.45, 2.75) is 6.42 Å². The summed E-state index contributed by atoms with van der Waals surface area (Å²) in [6.45, 7) is 0.517. The lowest BCUT2D eigenvalue weighted by Gasteiger charge is -2.09. The third-order valence-electron chi connectivity index (χ3n) is 2.84. The molecule has 21 heavy (non-hydrogen) atoms. The van der Waals surface area contributed by atoms with Gasteiger partial charge in [0.25, 0.3) is 0 Å². The summed E-state index contributed by atoms with van der Waals surface area (Å²) >= 11 is 3.29. The zero-order valence-electron chi connectivity index (χ0n) is 11.6. The third kappa shape index (κ3) is 4.75. The number of nitrogens with one attached hydrogen (secondary N) is 2. The minimum Gasteiger partial charge on any atom is -0.496 e. The van der Waals surface area contributed by atoms with Gasteiger partial charge in [0.1, 0.15) is 11.6 Å². The molecule has 110 valence electrons. The molecular formula is C15H16BrN3O2. The Balaban J connectivity index is 1.80. The summed E-state index contributed by atoms with van der Waals surface area (Å²) in [6.07, 6.45) is 2.33. The Kier molecular flexibility index (Phi) is 5.57. The number of hydrogen-bond acceptors (Lipinski definition) is 3. The number of para-hydroxylation sites is 1. The van der Waals surface area contributed by atoms with Crippen LogP contribution >= 0.6 is 15.9 Å². The lowest BCUT2D eigenvalue weighted by molar-refractivity contribution is 0.252. The molecule has 1 aromatic heterocycles. The summed E-state index contributed by atoms with van der Waals surface area (Å²) < 4.78 is 6.13. The van der Waals surface area contributed by atoms with Gasteiger partial charge in [-0.15, -0.1) is 0 Å². The lowest BCUT2D eigenvalue weighted by Crippen LogP contribution is -2.30. The SMILES string of the molecule is COc1ccccc1CCNC(=O)Nc1ccc(Br)cn1. The van der Waals surface area contributed by atoms with Gasteiger partial charge in [-0.2, -0.15) is 0 Å². The molecular weight excluding hydrogens is 334 g/mol. The normalized spacial score (nSPS) is 10.0. The van der Waals surface area contributed by atoms with Crippen molar-refractivity contribution in [2.24, 2.45) is 0 Å². The number of amides is 2. The fourth-order valence-corrected chi connectivity index (χ4v) is 2.07. The number of benzene rings is 1. The number of anilines is 1. The molecule has 1 heterocycles. The van der Waals surface area contributed by atoms with Crippen LogP contribution < -0.4 is 15.4 Å². The Hall–Kier alpha value is -2.08. The first-order chi connectivity index (χ1) is 10.2. The minimum absolute atomic E-state index is 0.278. The Labute approximate surface area is 131 Å². The van der Waals surface area contributed by atoms with Crippen molar-refractivity contribution >= 4 is 27.8 Å².